The van der Waals surface area contributed by atoms with Gasteiger partial charge in [-0.3, -0.25) is 14.6 Å². The van der Waals surface area contributed by atoms with E-state index in [1.165, 1.54) is 6.07 Å². The average Bonchev–Trinajstić information content (AvgIpc) is 2.73. The molecule has 3 aromatic rings. The molecule has 2 aromatic carbocycles. The number of phenols is 1. The third-order valence-electron chi connectivity index (χ3n) is 4.85. The predicted molar refractivity (Wildman–Crippen MR) is 102 cm³/mol. The Labute approximate surface area is 156 Å². The van der Waals surface area contributed by atoms with Crippen molar-refractivity contribution in [2.24, 2.45) is 0 Å². The van der Waals surface area contributed by atoms with Gasteiger partial charge in [-0.1, -0.05) is 30.3 Å². The summed E-state index contributed by atoms with van der Waals surface area (Å²) in [7, 11) is 0. The van der Waals surface area contributed by atoms with Crippen LogP contribution < -0.4 is 0 Å². The van der Waals surface area contributed by atoms with Gasteiger partial charge in [-0.2, -0.15) is 0 Å². The lowest BCUT2D eigenvalue weighted by Crippen LogP contribution is -2.50. The molecule has 1 aliphatic rings. The fourth-order valence-electron chi connectivity index (χ4n) is 3.38. The maximum atomic E-state index is 13.0. The molecular formula is C21H19N3O3. The van der Waals surface area contributed by atoms with Crippen LogP contribution in [0.5, 0.6) is 5.75 Å². The molecule has 0 radical (unpaired) electrons. The number of aromatic nitrogens is 1. The molecule has 1 saturated heterocycles. The van der Waals surface area contributed by atoms with E-state index in [1.54, 1.807) is 40.3 Å². The number of amides is 2. The Morgan fingerprint density at radius 3 is 2.07 bits per heavy atom. The highest BCUT2D eigenvalue weighted by Crippen LogP contribution is 2.21. The second-order valence-electron chi connectivity index (χ2n) is 6.48. The number of phenolic OH excluding ortho intramolecular Hbond substituents is 1. The Morgan fingerprint density at radius 2 is 1.37 bits per heavy atom. The number of para-hydroxylation sites is 2. The average molecular weight is 361 g/mol. The molecule has 0 unspecified atom stereocenters. The lowest BCUT2D eigenvalue weighted by molar-refractivity contribution is 0.0534. The molecule has 6 nitrogen and oxygen atoms in total. The van der Waals surface area contributed by atoms with Crippen LogP contribution in [0.3, 0.4) is 0 Å². The molecule has 2 amide bonds. The summed E-state index contributed by atoms with van der Waals surface area (Å²) in [5.41, 5.74) is 1.56. The van der Waals surface area contributed by atoms with Crippen LogP contribution in [0.2, 0.25) is 0 Å². The summed E-state index contributed by atoms with van der Waals surface area (Å²) in [5.74, 6) is -0.316. The van der Waals surface area contributed by atoms with Crippen molar-refractivity contribution in [3.8, 4) is 5.75 Å². The molecule has 0 bridgehead atoms. The number of aromatic hydroxyl groups is 1. The predicted octanol–water partition coefficient (Wildman–Crippen LogP) is 2.54. The molecular weight excluding hydrogens is 342 g/mol. The first kappa shape index (κ1) is 17.0. The largest absolute Gasteiger partial charge is 0.507 e. The van der Waals surface area contributed by atoms with E-state index < -0.39 is 0 Å². The Bertz CT molecular complexity index is 1000. The number of benzene rings is 2. The van der Waals surface area contributed by atoms with Crippen molar-refractivity contribution in [1.29, 1.82) is 0 Å². The molecule has 2 heterocycles. The van der Waals surface area contributed by atoms with Crippen molar-refractivity contribution in [3.05, 3.63) is 71.9 Å². The maximum absolute atomic E-state index is 13.0. The molecule has 27 heavy (non-hydrogen) atoms. The Balaban J connectivity index is 1.48. The fourth-order valence-corrected chi connectivity index (χ4v) is 3.38. The smallest absolute Gasteiger partial charge is 0.257 e. The standard InChI is InChI=1S/C21H19N3O3/c25-18-9-2-1-7-16(18)20(26)23-11-13-24(14-12-23)21(27)17-8-3-5-15-6-4-10-22-19(15)17/h1-10,25H,11-14H2. The second-order valence-corrected chi connectivity index (χ2v) is 6.48. The monoisotopic (exact) mass is 361 g/mol. The quantitative estimate of drug-likeness (QED) is 0.761. The zero-order chi connectivity index (χ0) is 18.8. The van der Waals surface area contributed by atoms with Crippen molar-refractivity contribution in [2.45, 2.75) is 0 Å². The number of piperazine rings is 1. The molecule has 0 atom stereocenters. The highest BCUT2D eigenvalue weighted by Gasteiger charge is 2.27. The topological polar surface area (TPSA) is 73.7 Å². The number of hydrogen-bond donors (Lipinski definition) is 1. The first-order chi connectivity index (χ1) is 13.1. The normalized spacial score (nSPS) is 14.4. The summed E-state index contributed by atoms with van der Waals surface area (Å²) in [6.45, 7) is 1.75. The van der Waals surface area contributed by atoms with Crippen LogP contribution in [0.1, 0.15) is 20.7 Å². The Hall–Kier alpha value is -3.41. The van der Waals surface area contributed by atoms with E-state index in [1.807, 2.05) is 24.3 Å². The van der Waals surface area contributed by atoms with E-state index in [4.69, 9.17) is 0 Å². The van der Waals surface area contributed by atoms with Gasteiger partial charge in [0.05, 0.1) is 16.6 Å². The van der Waals surface area contributed by atoms with Gasteiger partial charge in [-0.25, -0.2) is 0 Å². The molecule has 0 aliphatic carbocycles. The third kappa shape index (κ3) is 3.21. The van der Waals surface area contributed by atoms with Crippen molar-refractivity contribution < 1.29 is 14.7 Å². The van der Waals surface area contributed by atoms with E-state index in [0.717, 1.165) is 5.39 Å². The lowest BCUT2D eigenvalue weighted by atomic mass is 10.1. The van der Waals surface area contributed by atoms with Gasteiger partial charge in [0.15, 0.2) is 0 Å². The molecule has 4 rings (SSSR count). The molecule has 6 heteroatoms. The van der Waals surface area contributed by atoms with Gasteiger partial charge >= 0.3 is 0 Å². The second kappa shape index (κ2) is 7.07. The number of hydrogen-bond acceptors (Lipinski definition) is 4. The Kier molecular flexibility index (Phi) is 4.46. The molecule has 0 saturated carbocycles. The summed E-state index contributed by atoms with van der Waals surface area (Å²) in [6.07, 6.45) is 1.68. The highest BCUT2D eigenvalue weighted by molar-refractivity contribution is 6.05. The van der Waals surface area contributed by atoms with Crippen molar-refractivity contribution in [1.82, 2.24) is 14.8 Å². The van der Waals surface area contributed by atoms with Crippen LogP contribution >= 0.6 is 0 Å². The summed E-state index contributed by atoms with van der Waals surface area (Å²) >= 11 is 0. The minimum Gasteiger partial charge on any atom is -0.507 e. The summed E-state index contributed by atoms with van der Waals surface area (Å²) in [6, 6.07) is 15.9. The fraction of sp³-hybridized carbons (Fsp3) is 0.190. The zero-order valence-electron chi connectivity index (χ0n) is 14.7. The van der Waals surface area contributed by atoms with Crippen LogP contribution in [0.4, 0.5) is 0 Å². The van der Waals surface area contributed by atoms with E-state index in [9.17, 15) is 14.7 Å². The van der Waals surface area contributed by atoms with Gasteiger partial charge in [0.25, 0.3) is 11.8 Å². The van der Waals surface area contributed by atoms with Gasteiger partial charge in [-0.15, -0.1) is 0 Å². The van der Waals surface area contributed by atoms with E-state index in [-0.39, 0.29) is 23.1 Å². The van der Waals surface area contributed by atoms with Crippen molar-refractivity contribution in [3.63, 3.8) is 0 Å². The van der Waals surface area contributed by atoms with Gasteiger partial charge in [-0.05, 0) is 24.3 Å². The van der Waals surface area contributed by atoms with Crippen LogP contribution in [-0.2, 0) is 0 Å². The molecule has 0 spiro atoms. The van der Waals surface area contributed by atoms with Crippen LogP contribution in [0.15, 0.2) is 60.8 Å². The third-order valence-corrected chi connectivity index (χ3v) is 4.85. The number of carbonyl (C=O) groups is 2. The highest BCUT2D eigenvalue weighted by atomic mass is 16.3. The lowest BCUT2D eigenvalue weighted by Gasteiger charge is -2.35. The SMILES string of the molecule is O=C(c1ccccc1O)N1CCN(C(=O)c2cccc3cccnc23)CC1. The number of rotatable bonds is 2. The van der Waals surface area contributed by atoms with E-state index >= 15 is 0 Å². The molecule has 1 aromatic heterocycles. The van der Waals surface area contributed by atoms with Crippen LogP contribution in [0, 0.1) is 0 Å². The zero-order valence-corrected chi connectivity index (χ0v) is 14.7. The number of carbonyl (C=O) groups excluding carboxylic acids is 2. The maximum Gasteiger partial charge on any atom is 0.257 e. The first-order valence-corrected chi connectivity index (χ1v) is 8.85. The summed E-state index contributed by atoms with van der Waals surface area (Å²) in [4.78, 5) is 33.3. The summed E-state index contributed by atoms with van der Waals surface area (Å²) in [5, 5.41) is 10.8. The minimum atomic E-state index is -0.216. The molecule has 1 fully saturated rings. The van der Waals surface area contributed by atoms with Crippen molar-refractivity contribution in [2.75, 3.05) is 26.2 Å². The van der Waals surface area contributed by atoms with Gasteiger partial charge in [0.2, 0.25) is 0 Å². The molecule has 1 N–H and O–H groups in total. The van der Waals surface area contributed by atoms with Gasteiger partial charge in [0, 0.05) is 37.8 Å². The minimum absolute atomic E-state index is 0.0252. The van der Waals surface area contributed by atoms with Gasteiger partial charge in [0.1, 0.15) is 5.75 Å². The van der Waals surface area contributed by atoms with Crippen LogP contribution in [0.25, 0.3) is 10.9 Å². The van der Waals surface area contributed by atoms with E-state index in [0.29, 0.717) is 37.3 Å². The molecule has 136 valence electrons. The first-order valence-electron chi connectivity index (χ1n) is 8.85. The number of pyridine rings is 1. The van der Waals surface area contributed by atoms with Crippen LogP contribution in [-0.4, -0.2) is 57.9 Å². The number of fused-ring (bicyclic) bond motifs is 1. The summed E-state index contributed by atoms with van der Waals surface area (Å²) < 4.78 is 0. The number of nitrogens with zero attached hydrogens (tertiary/aromatic N) is 3. The van der Waals surface area contributed by atoms with Crippen molar-refractivity contribution >= 4 is 22.7 Å². The molecule has 1 aliphatic heterocycles. The Morgan fingerprint density at radius 1 is 0.778 bits per heavy atom. The van der Waals surface area contributed by atoms with Gasteiger partial charge < -0.3 is 14.9 Å². The van der Waals surface area contributed by atoms with E-state index in [2.05, 4.69) is 4.98 Å².